The Morgan fingerprint density at radius 3 is 2.09 bits per heavy atom. The molecule has 0 bridgehead atoms. The molecular weight excluding hydrogens is 582 g/mol. The van der Waals surface area contributed by atoms with E-state index >= 15 is 0 Å². The van der Waals surface area contributed by atoms with Crippen LogP contribution in [0.4, 0.5) is 4.79 Å². The second kappa shape index (κ2) is 20.3. The highest BCUT2D eigenvalue weighted by molar-refractivity contribution is 5.92. The Morgan fingerprint density at radius 1 is 0.826 bits per heavy atom. The molecule has 2 N–H and O–H groups in total. The number of amides is 3. The van der Waals surface area contributed by atoms with Gasteiger partial charge in [0.1, 0.15) is 17.7 Å². The molecule has 9 nitrogen and oxygen atoms in total. The highest BCUT2D eigenvalue weighted by Crippen LogP contribution is 2.25. The molecule has 0 aromatic heterocycles. The van der Waals surface area contributed by atoms with Crippen LogP contribution in [0, 0.1) is 0 Å². The third kappa shape index (κ3) is 14.0. The molecule has 0 saturated carbocycles. The van der Waals surface area contributed by atoms with Crippen molar-refractivity contribution in [1.29, 1.82) is 0 Å². The summed E-state index contributed by atoms with van der Waals surface area (Å²) in [4.78, 5) is 55.2. The molecule has 0 heterocycles. The smallest absolute Gasteiger partial charge is 0.408 e. The van der Waals surface area contributed by atoms with E-state index in [9.17, 15) is 19.2 Å². The van der Waals surface area contributed by atoms with Crippen molar-refractivity contribution in [2.45, 2.75) is 117 Å². The Morgan fingerprint density at radius 2 is 1.48 bits per heavy atom. The van der Waals surface area contributed by atoms with Crippen molar-refractivity contribution in [3.8, 4) is 0 Å². The lowest BCUT2D eigenvalue weighted by atomic mass is 9.98. The maximum Gasteiger partial charge on any atom is 0.408 e. The molecule has 0 fully saturated rings. The maximum atomic E-state index is 14.6. The van der Waals surface area contributed by atoms with Crippen LogP contribution in [0.2, 0.25) is 0 Å². The minimum Gasteiger partial charge on any atom is -0.466 e. The number of aryl methyl sites for hydroxylation is 1. The number of nitrogens with one attached hydrogen (secondary N) is 2. The lowest BCUT2D eigenvalue weighted by molar-refractivity contribution is -0.144. The molecule has 2 rings (SSSR count). The summed E-state index contributed by atoms with van der Waals surface area (Å²) in [5.74, 6) is -1.19. The number of hydrogen-bond acceptors (Lipinski definition) is 6. The molecule has 3 amide bonds. The van der Waals surface area contributed by atoms with Crippen LogP contribution in [0.1, 0.15) is 109 Å². The predicted octanol–water partition coefficient (Wildman–Crippen LogP) is 6.68. The first-order valence-corrected chi connectivity index (χ1v) is 16.8. The molecule has 254 valence electrons. The molecule has 0 aliphatic carbocycles. The van der Waals surface area contributed by atoms with E-state index in [1.165, 1.54) is 0 Å². The van der Waals surface area contributed by atoms with Crippen LogP contribution in [-0.4, -0.2) is 60.1 Å². The van der Waals surface area contributed by atoms with Gasteiger partial charge in [0.2, 0.25) is 11.8 Å². The molecule has 2 aromatic rings. The highest BCUT2D eigenvalue weighted by atomic mass is 16.6. The molecule has 0 spiro atoms. The van der Waals surface area contributed by atoms with Crippen molar-refractivity contribution in [3.63, 3.8) is 0 Å². The highest BCUT2D eigenvalue weighted by Gasteiger charge is 2.36. The van der Waals surface area contributed by atoms with E-state index in [0.29, 0.717) is 18.5 Å². The summed E-state index contributed by atoms with van der Waals surface area (Å²) in [6, 6.07) is 15.2. The number of carbonyl (C=O) groups is 4. The molecule has 2 unspecified atom stereocenters. The quantitative estimate of drug-likeness (QED) is 0.131. The number of ether oxygens (including phenoxy) is 2. The van der Waals surface area contributed by atoms with Crippen LogP contribution in [0.15, 0.2) is 54.6 Å². The summed E-state index contributed by atoms with van der Waals surface area (Å²) < 4.78 is 10.6. The zero-order valence-electron chi connectivity index (χ0n) is 28.7. The maximum absolute atomic E-state index is 14.6. The first-order valence-electron chi connectivity index (χ1n) is 16.8. The molecule has 0 radical (unpaired) electrons. The van der Waals surface area contributed by atoms with Crippen molar-refractivity contribution in [2.75, 3.05) is 19.7 Å². The summed E-state index contributed by atoms with van der Waals surface area (Å²) in [5, 5.41) is 5.68. The molecule has 2 aromatic carbocycles. The summed E-state index contributed by atoms with van der Waals surface area (Å²) in [7, 11) is 0. The van der Waals surface area contributed by atoms with E-state index in [1.54, 1.807) is 32.6 Å². The zero-order chi connectivity index (χ0) is 34.0. The van der Waals surface area contributed by atoms with Crippen molar-refractivity contribution < 1.29 is 28.7 Å². The first kappa shape index (κ1) is 38.3. The van der Waals surface area contributed by atoms with E-state index in [2.05, 4.69) is 24.5 Å². The minimum atomic E-state index is -0.984. The van der Waals surface area contributed by atoms with E-state index in [1.807, 2.05) is 54.6 Å². The number of rotatable bonds is 19. The van der Waals surface area contributed by atoms with E-state index in [-0.39, 0.29) is 31.9 Å². The third-order valence-corrected chi connectivity index (χ3v) is 7.50. The number of unbranched alkanes of at least 4 members (excludes halogenated alkanes) is 5. The summed E-state index contributed by atoms with van der Waals surface area (Å²) in [6.07, 6.45) is 6.37. The monoisotopic (exact) mass is 637 g/mol. The average molecular weight is 638 g/mol. The van der Waals surface area contributed by atoms with Gasteiger partial charge in [-0.05, 0) is 57.2 Å². The van der Waals surface area contributed by atoms with Gasteiger partial charge in [-0.25, -0.2) is 4.79 Å². The van der Waals surface area contributed by atoms with Gasteiger partial charge in [-0.15, -0.1) is 0 Å². The Kier molecular flexibility index (Phi) is 16.9. The van der Waals surface area contributed by atoms with Gasteiger partial charge in [-0.2, -0.15) is 0 Å². The average Bonchev–Trinajstić information content (AvgIpc) is 3.01. The number of hydrogen-bond donors (Lipinski definition) is 2. The minimum absolute atomic E-state index is 0.0171. The molecule has 0 aliphatic rings. The Bertz CT molecular complexity index is 1210. The Labute approximate surface area is 275 Å². The van der Waals surface area contributed by atoms with Gasteiger partial charge in [0, 0.05) is 19.5 Å². The standard InChI is InChI=1S/C37H55N3O6/c1-7-10-11-12-13-17-26-40(35(43)31(27-29-18-15-14-16-19-29)39-36(44)46-37(4,5)6)33(30-22-20-28(8-2)21-23-30)34(42)38-25-24-32(41)45-9-3/h14-16,18-23,31,33H,7-13,17,24-27H2,1-6H3,(H,38,42)(H,39,44). The van der Waals surface area contributed by atoms with Crippen LogP contribution >= 0.6 is 0 Å². The molecule has 46 heavy (non-hydrogen) atoms. The van der Waals surface area contributed by atoms with Gasteiger partial charge in [0.05, 0.1) is 13.0 Å². The summed E-state index contributed by atoms with van der Waals surface area (Å²) in [6.45, 7) is 11.9. The van der Waals surface area contributed by atoms with Crippen LogP contribution in [0.3, 0.4) is 0 Å². The van der Waals surface area contributed by atoms with Gasteiger partial charge < -0.3 is 25.0 Å². The van der Waals surface area contributed by atoms with Crippen LogP contribution in [0.25, 0.3) is 0 Å². The van der Waals surface area contributed by atoms with E-state index in [0.717, 1.165) is 49.7 Å². The van der Waals surface area contributed by atoms with Crippen molar-refractivity contribution in [1.82, 2.24) is 15.5 Å². The number of alkyl carbamates (subject to hydrolysis) is 1. The van der Waals surface area contributed by atoms with Crippen molar-refractivity contribution in [2.24, 2.45) is 0 Å². The van der Waals surface area contributed by atoms with E-state index < -0.39 is 35.7 Å². The molecule has 0 saturated heterocycles. The fourth-order valence-electron chi connectivity index (χ4n) is 5.15. The third-order valence-electron chi connectivity index (χ3n) is 7.50. The lowest BCUT2D eigenvalue weighted by Crippen LogP contribution is -2.54. The number of esters is 1. The van der Waals surface area contributed by atoms with Crippen LogP contribution < -0.4 is 10.6 Å². The van der Waals surface area contributed by atoms with Gasteiger partial charge in [0.25, 0.3) is 0 Å². The molecule has 9 heteroatoms. The van der Waals surface area contributed by atoms with Crippen LogP contribution in [0.5, 0.6) is 0 Å². The van der Waals surface area contributed by atoms with Gasteiger partial charge in [0.15, 0.2) is 0 Å². The first-order chi connectivity index (χ1) is 22.0. The topological polar surface area (TPSA) is 114 Å². The Hall–Kier alpha value is -3.88. The number of nitrogens with zero attached hydrogens (tertiary/aromatic N) is 1. The lowest BCUT2D eigenvalue weighted by Gasteiger charge is -2.35. The van der Waals surface area contributed by atoms with Gasteiger partial charge in [-0.1, -0.05) is 101 Å². The normalized spacial score (nSPS) is 12.5. The van der Waals surface area contributed by atoms with Crippen LogP contribution in [-0.2, 0) is 36.7 Å². The molecule has 0 aliphatic heterocycles. The van der Waals surface area contributed by atoms with Gasteiger partial charge in [-0.3, -0.25) is 14.4 Å². The molecular formula is C37H55N3O6. The number of carbonyl (C=O) groups excluding carboxylic acids is 4. The van der Waals surface area contributed by atoms with Crippen molar-refractivity contribution >= 4 is 23.9 Å². The van der Waals surface area contributed by atoms with Crippen molar-refractivity contribution in [3.05, 3.63) is 71.3 Å². The fourth-order valence-corrected chi connectivity index (χ4v) is 5.15. The summed E-state index contributed by atoms with van der Waals surface area (Å²) in [5.41, 5.74) is 1.86. The Balaban J connectivity index is 2.51. The molecule has 2 atom stereocenters. The number of benzene rings is 2. The second-order valence-electron chi connectivity index (χ2n) is 12.5. The largest absolute Gasteiger partial charge is 0.466 e. The second-order valence-corrected chi connectivity index (χ2v) is 12.5. The fraction of sp³-hybridized carbons (Fsp3) is 0.568. The SMILES string of the molecule is CCCCCCCCN(C(=O)C(Cc1ccccc1)NC(=O)OC(C)(C)C)C(C(=O)NCCC(=O)OCC)c1ccc(CC)cc1. The van der Waals surface area contributed by atoms with E-state index in [4.69, 9.17) is 9.47 Å². The predicted molar refractivity (Wildman–Crippen MR) is 181 cm³/mol. The zero-order valence-corrected chi connectivity index (χ0v) is 28.7. The summed E-state index contributed by atoms with van der Waals surface area (Å²) >= 11 is 0. The van der Waals surface area contributed by atoms with Gasteiger partial charge >= 0.3 is 12.1 Å².